The summed E-state index contributed by atoms with van der Waals surface area (Å²) in [6.45, 7) is 0.565. The lowest BCUT2D eigenvalue weighted by molar-refractivity contribution is 0.100. The number of methoxy groups -OCH3 is 1. The van der Waals surface area contributed by atoms with Gasteiger partial charge in [0, 0.05) is 12.2 Å². The van der Waals surface area contributed by atoms with Crippen molar-refractivity contribution in [3.8, 4) is 5.75 Å². The highest BCUT2D eigenvalue weighted by atomic mass is 35.5. The summed E-state index contributed by atoms with van der Waals surface area (Å²) in [5.74, 6) is 0.0859. The molecule has 1 amide bonds. The lowest BCUT2D eigenvalue weighted by atomic mass is 10.1. The van der Waals surface area contributed by atoms with Gasteiger partial charge in [0.1, 0.15) is 5.75 Å². The smallest absolute Gasteiger partial charge is 0.250 e. The van der Waals surface area contributed by atoms with Crippen LogP contribution in [-0.2, 0) is 6.54 Å². The molecule has 0 atom stereocenters. The number of halogens is 2. The van der Waals surface area contributed by atoms with Crippen LogP contribution >= 0.6 is 23.2 Å². The van der Waals surface area contributed by atoms with Crippen molar-refractivity contribution in [1.82, 2.24) is 0 Å². The number of ether oxygens (including phenoxy) is 1. The lowest BCUT2D eigenvalue weighted by Crippen LogP contribution is -2.11. The molecular formula is C15H14Cl2N2O2. The molecule has 0 saturated heterocycles. The topological polar surface area (TPSA) is 64.3 Å². The van der Waals surface area contributed by atoms with E-state index in [-0.39, 0.29) is 0 Å². The number of carbonyl (C=O) groups excluding carboxylic acids is 1. The van der Waals surface area contributed by atoms with Gasteiger partial charge in [0.15, 0.2) is 0 Å². The van der Waals surface area contributed by atoms with Crippen molar-refractivity contribution < 1.29 is 9.53 Å². The molecule has 6 heteroatoms. The Morgan fingerprint density at radius 2 is 1.95 bits per heavy atom. The normalized spacial score (nSPS) is 10.2. The fourth-order valence-corrected chi connectivity index (χ4v) is 2.40. The Bertz CT molecular complexity index is 675. The first-order chi connectivity index (χ1) is 10.0. The van der Waals surface area contributed by atoms with Crippen LogP contribution in [0.2, 0.25) is 10.0 Å². The molecule has 21 heavy (non-hydrogen) atoms. The Balaban J connectivity index is 2.08. The highest BCUT2D eigenvalue weighted by molar-refractivity contribution is 6.34. The minimum Gasteiger partial charge on any atom is -0.495 e. The third-order valence-electron chi connectivity index (χ3n) is 2.95. The highest BCUT2D eigenvalue weighted by Crippen LogP contribution is 2.26. The van der Waals surface area contributed by atoms with Gasteiger partial charge in [0.05, 0.1) is 22.7 Å². The molecule has 0 unspecified atom stereocenters. The van der Waals surface area contributed by atoms with Gasteiger partial charge in [0.25, 0.3) is 0 Å². The molecule has 0 fully saturated rings. The fourth-order valence-electron chi connectivity index (χ4n) is 1.85. The maximum Gasteiger partial charge on any atom is 0.250 e. The van der Waals surface area contributed by atoms with Crippen molar-refractivity contribution in [2.75, 3.05) is 12.4 Å². The summed E-state index contributed by atoms with van der Waals surface area (Å²) in [4.78, 5) is 11.1. The summed E-state index contributed by atoms with van der Waals surface area (Å²) < 4.78 is 5.10. The third kappa shape index (κ3) is 3.80. The lowest BCUT2D eigenvalue weighted by Gasteiger charge is -2.10. The average molecular weight is 325 g/mol. The second-order valence-corrected chi connectivity index (χ2v) is 5.20. The van der Waals surface area contributed by atoms with Gasteiger partial charge in [-0.15, -0.1) is 0 Å². The molecule has 0 spiro atoms. The van der Waals surface area contributed by atoms with Crippen molar-refractivity contribution in [2.24, 2.45) is 5.73 Å². The van der Waals surface area contributed by atoms with Crippen LogP contribution in [0.3, 0.4) is 0 Å². The predicted octanol–water partition coefficient (Wildman–Crippen LogP) is 3.71. The van der Waals surface area contributed by atoms with Crippen molar-refractivity contribution >= 4 is 34.8 Å². The zero-order valence-corrected chi connectivity index (χ0v) is 12.8. The first-order valence-corrected chi connectivity index (χ1v) is 6.92. The van der Waals surface area contributed by atoms with Gasteiger partial charge >= 0.3 is 0 Å². The third-order valence-corrected chi connectivity index (χ3v) is 3.56. The standard InChI is InChI=1S/C15H14Cl2N2O2/c1-21-14-5-2-9(6-13(14)17)8-19-10-3-4-11(15(18)20)12(16)7-10/h2-7,19H,8H2,1H3,(H2,18,20). The van der Waals surface area contributed by atoms with E-state index < -0.39 is 5.91 Å². The van der Waals surface area contributed by atoms with E-state index in [2.05, 4.69) is 5.32 Å². The van der Waals surface area contributed by atoms with Crippen LogP contribution in [-0.4, -0.2) is 13.0 Å². The van der Waals surface area contributed by atoms with Crippen LogP contribution in [0.5, 0.6) is 5.75 Å². The molecular weight excluding hydrogens is 311 g/mol. The van der Waals surface area contributed by atoms with E-state index >= 15 is 0 Å². The van der Waals surface area contributed by atoms with Crippen molar-refractivity contribution in [3.05, 3.63) is 57.6 Å². The number of benzene rings is 2. The molecule has 2 aromatic rings. The zero-order valence-electron chi connectivity index (χ0n) is 11.3. The summed E-state index contributed by atoms with van der Waals surface area (Å²) in [5, 5.41) is 4.07. The summed E-state index contributed by atoms with van der Waals surface area (Å²) >= 11 is 12.1. The molecule has 0 aromatic heterocycles. The second-order valence-electron chi connectivity index (χ2n) is 4.38. The molecule has 0 bridgehead atoms. The second kappa shape index (κ2) is 6.70. The molecule has 110 valence electrons. The minimum atomic E-state index is -0.548. The number of hydrogen-bond acceptors (Lipinski definition) is 3. The molecule has 0 radical (unpaired) electrons. The molecule has 0 saturated carbocycles. The Labute approximate surface area is 132 Å². The maximum absolute atomic E-state index is 11.1. The van der Waals surface area contributed by atoms with E-state index in [1.165, 1.54) is 0 Å². The monoisotopic (exact) mass is 324 g/mol. The van der Waals surface area contributed by atoms with Crippen molar-refractivity contribution in [1.29, 1.82) is 0 Å². The number of nitrogens with two attached hydrogens (primary N) is 1. The van der Waals surface area contributed by atoms with Crippen LogP contribution in [0.4, 0.5) is 5.69 Å². The predicted molar refractivity (Wildman–Crippen MR) is 85.3 cm³/mol. The van der Waals surface area contributed by atoms with E-state index in [0.29, 0.717) is 27.9 Å². The number of hydrogen-bond donors (Lipinski definition) is 2. The van der Waals surface area contributed by atoms with Gasteiger partial charge in [-0.2, -0.15) is 0 Å². The van der Waals surface area contributed by atoms with Gasteiger partial charge in [-0.1, -0.05) is 29.3 Å². The zero-order chi connectivity index (χ0) is 15.4. The quantitative estimate of drug-likeness (QED) is 0.881. The SMILES string of the molecule is COc1ccc(CNc2ccc(C(N)=O)c(Cl)c2)cc1Cl. The fraction of sp³-hybridized carbons (Fsp3) is 0.133. The van der Waals surface area contributed by atoms with Crippen molar-refractivity contribution in [3.63, 3.8) is 0 Å². The van der Waals surface area contributed by atoms with E-state index in [9.17, 15) is 4.79 Å². The molecule has 4 nitrogen and oxygen atoms in total. The largest absolute Gasteiger partial charge is 0.495 e. The van der Waals surface area contributed by atoms with Crippen molar-refractivity contribution in [2.45, 2.75) is 6.54 Å². The van der Waals surface area contributed by atoms with Crippen LogP contribution < -0.4 is 15.8 Å². The Morgan fingerprint density at radius 3 is 2.52 bits per heavy atom. The van der Waals surface area contributed by atoms with Crippen LogP contribution in [0.1, 0.15) is 15.9 Å². The molecule has 0 aliphatic rings. The van der Waals surface area contributed by atoms with E-state index in [4.69, 9.17) is 33.7 Å². The Morgan fingerprint density at radius 1 is 1.19 bits per heavy atom. The van der Waals surface area contributed by atoms with Gasteiger partial charge < -0.3 is 15.8 Å². The molecule has 3 N–H and O–H groups in total. The Kier molecular flexibility index (Phi) is 4.94. The van der Waals surface area contributed by atoms with Crippen LogP contribution in [0.15, 0.2) is 36.4 Å². The van der Waals surface area contributed by atoms with Gasteiger partial charge in [-0.05, 0) is 35.9 Å². The number of primary amides is 1. The number of rotatable bonds is 5. The van der Waals surface area contributed by atoms with Crippen LogP contribution in [0, 0.1) is 0 Å². The van der Waals surface area contributed by atoms with Gasteiger partial charge in [-0.25, -0.2) is 0 Å². The summed E-state index contributed by atoms with van der Waals surface area (Å²) in [6.07, 6.45) is 0. The molecule has 0 aliphatic heterocycles. The number of carbonyl (C=O) groups is 1. The summed E-state index contributed by atoms with van der Waals surface area (Å²) in [7, 11) is 1.57. The van der Waals surface area contributed by atoms with E-state index in [1.54, 1.807) is 25.3 Å². The molecule has 0 aliphatic carbocycles. The first-order valence-electron chi connectivity index (χ1n) is 6.17. The van der Waals surface area contributed by atoms with E-state index in [0.717, 1.165) is 11.3 Å². The maximum atomic E-state index is 11.1. The number of anilines is 1. The summed E-state index contributed by atoms with van der Waals surface area (Å²) in [6, 6.07) is 10.5. The number of nitrogens with one attached hydrogen (secondary N) is 1. The molecule has 0 heterocycles. The molecule has 2 aromatic carbocycles. The van der Waals surface area contributed by atoms with Gasteiger partial charge in [-0.3, -0.25) is 4.79 Å². The van der Waals surface area contributed by atoms with E-state index in [1.807, 2.05) is 18.2 Å². The van der Waals surface area contributed by atoms with Gasteiger partial charge in [0.2, 0.25) is 5.91 Å². The number of amides is 1. The average Bonchev–Trinajstić information content (AvgIpc) is 2.45. The first kappa shape index (κ1) is 15.5. The minimum absolute atomic E-state index is 0.301. The highest BCUT2D eigenvalue weighted by Gasteiger charge is 2.07. The van der Waals surface area contributed by atoms with Crippen LogP contribution in [0.25, 0.3) is 0 Å². The summed E-state index contributed by atoms with van der Waals surface area (Å²) in [5.41, 5.74) is 7.29. The molecule has 2 rings (SSSR count). The Hall–Kier alpha value is -1.91.